The Morgan fingerprint density at radius 3 is 2.60 bits per heavy atom. The number of nitrogens with zero attached hydrogens (tertiary/aromatic N) is 1. The summed E-state index contributed by atoms with van der Waals surface area (Å²) in [7, 11) is -3.64. The number of benzene rings is 2. The van der Waals surface area contributed by atoms with Crippen molar-refractivity contribution in [2.75, 3.05) is 0 Å². The number of thiazole rings is 1. The van der Waals surface area contributed by atoms with Crippen LogP contribution in [-0.4, -0.2) is 13.0 Å². The maximum atomic E-state index is 12.6. The number of nitrogens with one attached hydrogen (secondary N) is 1. The van der Waals surface area contributed by atoms with Gasteiger partial charge in [-0.3, -0.25) is 9.36 Å². The summed E-state index contributed by atoms with van der Waals surface area (Å²) in [5, 5.41) is 0. The van der Waals surface area contributed by atoms with Crippen molar-refractivity contribution in [3.63, 3.8) is 0 Å². The minimum atomic E-state index is -3.64. The molecule has 0 aliphatic heterocycles. The van der Waals surface area contributed by atoms with Crippen molar-refractivity contribution in [1.82, 2.24) is 9.29 Å². The Kier molecular flexibility index (Phi) is 4.81. The molecule has 0 aliphatic carbocycles. The van der Waals surface area contributed by atoms with Crippen LogP contribution >= 0.6 is 11.3 Å². The lowest BCUT2D eigenvalue weighted by Gasteiger charge is -2.09. The molecule has 0 saturated carbocycles. The molecule has 0 atom stereocenters. The van der Waals surface area contributed by atoms with Gasteiger partial charge in [0.2, 0.25) is 10.0 Å². The average Bonchev–Trinajstić information content (AvgIpc) is 2.88. The van der Waals surface area contributed by atoms with Gasteiger partial charge in [-0.2, -0.15) is 0 Å². The predicted molar refractivity (Wildman–Crippen MR) is 102 cm³/mol. The van der Waals surface area contributed by atoms with E-state index in [1.807, 2.05) is 45.0 Å². The summed E-state index contributed by atoms with van der Waals surface area (Å²) < 4.78 is 30.1. The van der Waals surface area contributed by atoms with Crippen molar-refractivity contribution in [1.29, 1.82) is 0 Å². The first-order valence-electron chi connectivity index (χ1n) is 7.98. The molecule has 0 radical (unpaired) electrons. The van der Waals surface area contributed by atoms with Crippen LogP contribution in [0.2, 0.25) is 0 Å². The molecule has 132 valence electrons. The van der Waals surface area contributed by atoms with Gasteiger partial charge >= 0.3 is 4.87 Å². The van der Waals surface area contributed by atoms with Crippen LogP contribution < -0.4 is 9.60 Å². The number of rotatable bonds is 5. The molecule has 1 heterocycles. The molecule has 0 unspecified atom stereocenters. The highest BCUT2D eigenvalue weighted by atomic mass is 32.2. The highest BCUT2D eigenvalue weighted by Crippen LogP contribution is 2.24. The minimum absolute atomic E-state index is 0.0307. The fourth-order valence-electron chi connectivity index (χ4n) is 2.76. The zero-order valence-electron chi connectivity index (χ0n) is 14.3. The quantitative estimate of drug-likeness (QED) is 0.742. The zero-order chi connectivity index (χ0) is 18.2. The molecule has 3 aromatic rings. The number of sulfonamides is 1. The number of aryl methyl sites for hydroxylation is 1. The summed E-state index contributed by atoms with van der Waals surface area (Å²) in [6, 6.07) is 12.5. The Morgan fingerprint density at radius 1 is 1.16 bits per heavy atom. The van der Waals surface area contributed by atoms with Crippen molar-refractivity contribution < 1.29 is 8.42 Å². The molecular formula is C18H20N2O3S2. The Balaban J connectivity index is 1.91. The maximum Gasteiger partial charge on any atom is 0.308 e. The van der Waals surface area contributed by atoms with Gasteiger partial charge in [0.25, 0.3) is 0 Å². The van der Waals surface area contributed by atoms with Crippen LogP contribution in [0, 0.1) is 6.92 Å². The Bertz CT molecular complexity index is 1080. The van der Waals surface area contributed by atoms with Crippen LogP contribution in [0.1, 0.15) is 31.0 Å². The van der Waals surface area contributed by atoms with E-state index in [2.05, 4.69) is 4.72 Å². The highest BCUT2D eigenvalue weighted by Gasteiger charge is 2.17. The van der Waals surface area contributed by atoms with Crippen LogP contribution in [0.15, 0.2) is 52.2 Å². The van der Waals surface area contributed by atoms with Gasteiger partial charge in [0.05, 0.1) is 15.1 Å². The lowest BCUT2D eigenvalue weighted by Crippen LogP contribution is -2.23. The normalized spacial score (nSPS) is 12.2. The molecule has 0 spiro atoms. The van der Waals surface area contributed by atoms with E-state index in [-0.39, 0.29) is 22.4 Å². The molecule has 3 rings (SSSR count). The number of aromatic nitrogens is 1. The van der Waals surface area contributed by atoms with E-state index in [4.69, 9.17) is 0 Å². The molecular weight excluding hydrogens is 356 g/mol. The Morgan fingerprint density at radius 2 is 1.92 bits per heavy atom. The van der Waals surface area contributed by atoms with Gasteiger partial charge in [0, 0.05) is 12.6 Å². The van der Waals surface area contributed by atoms with E-state index in [0.29, 0.717) is 4.70 Å². The standard InChI is InChI=1S/C18H20N2O3S2/c1-12(2)20-16-8-7-15(10-17(16)24-18(20)21)25(22,23)19-11-14-6-4-5-13(3)9-14/h4-10,12,19H,11H2,1-3H3. The lowest BCUT2D eigenvalue weighted by atomic mass is 10.1. The second-order valence-corrected chi connectivity index (χ2v) is 9.03. The van der Waals surface area contributed by atoms with Gasteiger partial charge in [-0.1, -0.05) is 41.2 Å². The van der Waals surface area contributed by atoms with Crippen LogP contribution in [0.5, 0.6) is 0 Å². The molecule has 7 heteroatoms. The van der Waals surface area contributed by atoms with Gasteiger partial charge in [0.15, 0.2) is 0 Å². The molecule has 0 fully saturated rings. The first-order chi connectivity index (χ1) is 11.8. The van der Waals surface area contributed by atoms with E-state index in [1.165, 1.54) is 0 Å². The van der Waals surface area contributed by atoms with Crippen molar-refractivity contribution in [3.05, 3.63) is 63.3 Å². The van der Waals surface area contributed by atoms with Crippen molar-refractivity contribution in [2.24, 2.45) is 0 Å². The van der Waals surface area contributed by atoms with Crippen molar-refractivity contribution >= 4 is 31.6 Å². The Labute approximate surface area is 151 Å². The van der Waals surface area contributed by atoms with E-state index >= 15 is 0 Å². The maximum absolute atomic E-state index is 12.6. The van der Waals surface area contributed by atoms with E-state index in [1.54, 1.807) is 22.8 Å². The fourth-order valence-corrected chi connectivity index (χ4v) is 4.93. The number of fused-ring (bicyclic) bond motifs is 1. The van der Waals surface area contributed by atoms with E-state index < -0.39 is 10.0 Å². The van der Waals surface area contributed by atoms with Crippen molar-refractivity contribution in [3.8, 4) is 0 Å². The van der Waals surface area contributed by atoms with Crippen LogP contribution in [0.4, 0.5) is 0 Å². The molecule has 1 aromatic heterocycles. The minimum Gasteiger partial charge on any atom is -0.296 e. The molecule has 1 N–H and O–H groups in total. The fraction of sp³-hybridized carbons (Fsp3) is 0.278. The van der Waals surface area contributed by atoms with Crippen molar-refractivity contribution in [2.45, 2.75) is 38.3 Å². The summed E-state index contributed by atoms with van der Waals surface area (Å²) in [5.41, 5.74) is 2.75. The molecule has 0 saturated heterocycles. The van der Waals surface area contributed by atoms with E-state index in [0.717, 1.165) is 28.0 Å². The van der Waals surface area contributed by atoms with Gasteiger partial charge < -0.3 is 0 Å². The predicted octanol–water partition coefficient (Wildman–Crippen LogP) is 3.43. The third-order valence-electron chi connectivity index (χ3n) is 3.96. The second kappa shape index (κ2) is 6.74. The van der Waals surface area contributed by atoms with Gasteiger partial charge in [-0.25, -0.2) is 13.1 Å². The molecule has 2 aromatic carbocycles. The summed E-state index contributed by atoms with van der Waals surface area (Å²) >= 11 is 1.07. The molecule has 0 aliphatic rings. The largest absolute Gasteiger partial charge is 0.308 e. The summed E-state index contributed by atoms with van der Waals surface area (Å²) in [6.07, 6.45) is 0. The van der Waals surface area contributed by atoms with Crippen LogP contribution in [0.3, 0.4) is 0 Å². The van der Waals surface area contributed by atoms with Gasteiger partial charge in [-0.05, 0) is 44.5 Å². The highest BCUT2D eigenvalue weighted by molar-refractivity contribution is 7.89. The zero-order valence-corrected chi connectivity index (χ0v) is 15.9. The smallest absolute Gasteiger partial charge is 0.296 e. The summed E-state index contributed by atoms with van der Waals surface area (Å²) in [5.74, 6) is 0. The van der Waals surface area contributed by atoms with Gasteiger partial charge in [-0.15, -0.1) is 0 Å². The number of hydrogen-bond acceptors (Lipinski definition) is 4. The third-order valence-corrected chi connectivity index (χ3v) is 6.28. The monoisotopic (exact) mass is 376 g/mol. The van der Waals surface area contributed by atoms with E-state index in [9.17, 15) is 13.2 Å². The summed E-state index contributed by atoms with van der Waals surface area (Å²) in [6.45, 7) is 6.06. The second-order valence-electron chi connectivity index (χ2n) is 6.27. The third kappa shape index (κ3) is 3.68. The van der Waals surface area contributed by atoms with Crippen LogP contribution in [0.25, 0.3) is 10.2 Å². The summed E-state index contributed by atoms with van der Waals surface area (Å²) in [4.78, 5) is 12.2. The topological polar surface area (TPSA) is 68.2 Å². The number of hydrogen-bond donors (Lipinski definition) is 1. The molecule has 25 heavy (non-hydrogen) atoms. The first kappa shape index (κ1) is 17.8. The van der Waals surface area contributed by atoms with Crippen LogP contribution in [-0.2, 0) is 16.6 Å². The molecule has 0 bridgehead atoms. The van der Waals surface area contributed by atoms with Gasteiger partial charge in [0.1, 0.15) is 0 Å². The first-order valence-corrected chi connectivity index (χ1v) is 10.3. The average molecular weight is 377 g/mol. The SMILES string of the molecule is Cc1cccc(CNS(=O)(=O)c2ccc3c(c2)sc(=O)n3C(C)C)c1. The molecule has 0 amide bonds. The lowest BCUT2D eigenvalue weighted by molar-refractivity contribution is 0.581. The molecule has 5 nitrogen and oxygen atoms in total. The Hall–Kier alpha value is -1.96.